The van der Waals surface area contributed by atoms with Crippen molar-refractivity contribution in [2.24, 2.45) is 5.92 Å². The van der Waals surface area contributed by atoms with Gasteiger partial charge < -0.3 is 19.4 Å². The maximum atomic E-state index is 13.5. The Morgan fingerprint density at radius 1 is 1.03 bits per heavy atom. The zero-order chi connectivity index (χ0) is 25.4. The third-order valence-electron chi connectivity index (χ3n) is 5.76. The minimum absolute atomic E-state index is 0.171. The molecule has 0 aromatic carbocycles. The van der Waals surface area contributed by atoms with Gasteiger partial charge in [0.25, 0.3) is 5.91 Å². The first-order chi connectivity index (χ1) is 14.9. The van der Waals surface area contributed by atoms with Crippen LogP contribution < -0.4 is 15.7 Å². The zero-order valence-corrected chi connectivity index (χ0v) is 21.8. The van der Waals surface area contributed by atoms with Gasteiger partial charge in [-0.15, -0.1) is 0 Å². The van der Waals surface area contributed by atoms with Gasteiger partial charge in [0.1, 0.15) is 11.6 Å². The highest BCUT2D eigenvalue weighted by Gasteiger charge is 2.52. The number of nitrogens with zero attached hydrogens (tertiary/aromatic N) is 3. The van der Waals surface area contributed by atoms with Crippen molar-refractivity contribution in [3.63, 3.8) is 0 Å². The van der Waals surface area contributed by atoms with Gasteiger partial charge in [0.15, 0.2) is 0 Å². The number of anilines is 1. The summed E-state index contributed by atoms with van der Waals surface area (Å²) in [4.78, 5) is 36.2. The van der Waals surface area contributed by atoms with Gasteiger partial charge in [0, 0.05) is 23.9 Å². The van der Waals surface area contributed by atoms with Crippen molar-refractivity contribution >= 4 is 30.5 Å². The summed E-state index contributed by atoms with van der Waals surface area (Å²) in [6.45, 7) is 20.7. The number of nitrogens with one attached hydrogen (secondary N) is 1. The van der Waals surface area contributed by atoms with Crippen molar-refractivity contribution in [1.82, 2.24) is 15.3 Å². The predicted octanol–water partition coefficient (Wildman–Crippen LogP) is 3.07. The van der Waals surface area contributed by atoms with E-state index in [-0.39, 0.29) is 23.8 Å². The second-order valence-electron chi connectivity index (χ2n) is 11.1. The maximum absolute atomic E-state index is 13.5. The normalized spacial score (nSPS) is 18.4. The Kier molecular flexibility index (Phi) is 7.85. The molecule has 0 spiro atoms. The number of hydrogen-bond donors (Lipinski definition) is 1. The van der Waals surface area contributed by atoms with Gasteiger partial charge >= 0.3 is 13.2 Å². The topological polar surface area (TPSA) is 103 Å². The molecule has 2 rings (SSSR count). The Morgan fingerprint density at radius 3 is 1.91 bits per heavy atom. The van der Waals surface area contributed by atoms with Crippen LogP contribution in [0.4, 0.5) is 10.7 Å². The largest absolute Gasteiger partial charge is 0.498 e. The highest BCUT2D eigenvalue weighted by Crippen LogP contribution is 2.36. The lowest BCUT2D eigenvalue weighted by Gasteiger charge is -2.32. The summed E-state index contributed by atoms with van der Waals surface area (Å²) in [6.07, 6.45) is 2.58. The summed E-state index contributed by atoms with van der Waals surface area (Å²) in [7, 11) is -0.593. The first-order valence-corrected chi connectivity index (χ1v) is 11.5. The molecule has 9 nitrogen and oxygen atoms in total. The Balaban J connectivity index is 2.24. The molecule has 0 aliphatic carbocycles. The summed E-state index contributed by atoms with van der Waals surface area (Å²) in [5.74, 6) is -0.239. The smallest absolute Gasteiger partial charge is 0.444 e. The Bertz CT molecular complexity index is 833. The van der Waals surface area contributed by atoms with Crippen molar-refractivity contribution in [2.45, 2.75) is 105 Å². The van der Waals surface area contributed by atoms with Gasteiger partial charge in [-0.1, -0.05) is 13.8 Å². The molecule has 10 heteroatoms. The second kappa shape index (κ2) is 9.58. The van der Waals surface area contributed by atoms with Crippen LogP contribution in [0.3, 0.4) is 0 Å². The van der Waals surface area contributed by atoms with Crippen LogP contribution in [-0.4, -0.2) is 58.0 Å². The summed E-state index contributed by atoms with van der Waals surface area (Å²) in [5.41, 5.74) is -0.957. The predicted molar refractivity (Wildman–Crippen MR) is 128 cm³/mol. The molecule has 1 N–H and O–H groups in total. The van der Waals surface area contributed by atoms with E-state index in [1.807, 2.05) is 55.4 Å². The van der Waals surface area contributed by atoms with Gasteiger partial charge in [-0.2, -0.15) is 0 Å². The zero-order valence-electron chi connectivity index (χ0n) is 21.8. The number of ether oxygens (including phenoxy) is 1. The third kappa shape index (κ3) is 6.44. The quantitative estimate of drug-likeness (QED) is 0.648. The SMILES string of the molecule is CC(C)C(NC(=O)OC(C)(C)C)C(=O)N(c1ncc(B2OC(C)(C)C(C)(C)O2)cn1)C(C)C. The fourth-order valence-electron chi connectivity index (χ4n) is 3.24. The van der Waals surface area contributed by atoms with E-state index in [9.17, 15) is 9.59 Å². The molecule has 0 radical (unpaired) electrons. The molecule has 2 amide bonds. The summed E-state index contributed by atoms with van der Waals surface area (Å²) in [6, 6.07) is -1.03. The maximum Gasteiger partial charge on any atom is 0.498 e. The molecular weight excluding hydrogens is 423 g/mol. The lowest BCUT2D eigenvalue weighted by Crippen LogP contribution is -2.54. The molecule has 33 heavy (non-hydrogen) atoms. The van der Waals surface area contributed by atoms with E-state index in [1.54, 1.807) is 33.2 Å². The molecule has 1 unspecified atom stereocenters. The monoisotopic (exact) mass is 462 g/mol. The van der Waals surface area contributed by atoms with Crippen LogP contribution in [0, 0.1) is 5.92 Å². The summed E-state index contributed by atoms with van der Waals surface area (Å²) in [5, 5.41) is 2.70. The van der Waals surface area contributed by atoms with Gasteiger partial charge in [-0.3, -0.25) is 9.69 Å². The lowest BCUT2D eigenvalue weighted by molar-refractivity contribution is -0.122. The van der Waals surface area contributed by atoms with Crippen molar-refractivity contribution in [1.29, 1.82) is 0 Å². The van der Waals surface area contributed by atoms with E-state index >= 15 is 0 Å². The molecule has 1 aromatic rings. The average Bonchev–Trinajstić information content (AvgIpc) is 2.85. The molecule has 2 heterocycles. The van der Waals surface area contributed by atoms with Crippen LogP contribution in [0.25, 0.3) is 0 Å². The molecule has 1 fully saturated rings. The van der Waals surface area contributed by atoms with Crippen LogP contribution in [-0.2, 0) is 18.8 Å². The minimum atomic E-state index is -0.798. The number of rotatable bonds is 6. The number of amides is 2. The average molecular weight is 462 g/mol. The Labute approximate surface area is 198 Å². The van der Waals surface area contributed by atoms with Crippen molar-refractivity contribution < 1.29 is 23.6 Å². The van der Waals surface area contributed by atoms with Gasteiger partial charge in [0.2, 0.25) is 5.95 Å². The van der Waals surface area contributed by atoms with E-state index < -0.39 is 36.1 Å². The van der Waals surface area contributed by atoms with Gasteiger partial charge in [-0.25, -0.2) is 14.8 Å². The molecule has 1 aliphatic rings. The molecule has 0 bridgehead atoms. The van der Waals surface area contributed by atoms with Crippen molar-refractivity contribution in [3.05, 3.63) is 12.4 Å². The lowest BCUT2D eigenvalue weighted by atomic mass is 9.81. The van der Waals surface area contributed by atoms with Crippen molar-refractivity contribution in [2.75, 3.05) is 4.90 Å². The first kappa shape index (κ1) is 27.1. The molecule has 0 saturated carbocycles. The molecule has 1 aromatic heterocycles. The highest BCUT2D eigenvalue weighted by atomic mass is 16.7. The fraction of sp³-hybridized carbons (Fsp3) is 0.739. The molecule has 1 saturated heterocycles. The van der Waals surface area contributed by atoms with Crippen LogP contribution in [0.5, 0.6) is 0 Å². The molecule has 184 valence electrons. The number of carbonyl (C=O) groups excluding carboxylic acids is 2. The fourth-order valence-corrected chi connectivity index (χ4v) is 3.24. The summed E-state index contributed by atoms with van der Waals surface area (Å²) >= 11 is 0. The van der Waals surface area contributed by atoms with Crippen molar-refractivity contribution in [3.8, 4) is 0 Å². The third-order valence-corrected chi connectivity index (χ3v) is 5.76. The van der Waals surface area contributed by atoms with Crippen LogP contribution in [0.15, 0.2) is 12.4 Å². The molecule has 1 aliphatic heterocycles. The molecular formula is C23H39BN4O5. The van der Waals surface area contributed by atoms with E-state index in [0.717, 1.165) is 0 Å². The summed E-state index contributed by atoms with van der Waals surface area (Å²) < 4.78 is 17.4. The number of carbonyl (C=O) groups is 2. The highest BCUT2D eigenvalue weighted by molar-refractivity contribution is 6.61. The van der Waals surface area contributed by atoms with Crippen LogP contribution in [0.1, 0.15) is 76.2 Å². The van der Waals surface area contributed by atoms with Crippen LogP contribution >= 0.6 is 0 Å². The standard InChI is InChI=1S/C23H39BN4O5/c1-14(2)17(27-20(30)31-21(5,6)7)18(29)28(15(3)4)19-25-12-16(13-26-19)24-32-22(8,9)23(10,11)33-24/h12-15,17H,1-11H3,(H,27,30). The van der Waals surface area contributed by atoms with Gasteiger partial charge in [-0.05, 0) is 68.2 Å². The van der Waals surface area contributed by atoms with E-state index in [2.05, 4.69) is 15.3 Å². The number of hydrogen-bond acceptors (Lipinski definition) is 7. The van der Waals surface area contributed by atoms with E-state index in [0.29, 0.717) is 5.46 Å². The van der Waals surface area contributed by atoms with Gasteiger partial charge in [0.05, 0.1) is 11.2 Å². The van der Waals surface area contributed by atoms with E-state index in [4.69, 9.17) is 14.0 Å². The molecule has 1 atom stereocenters. The Morgan fingerprint density at radius 2 is 1.52 bits per heavy atom. The first-order valence-electron chi connectivity index (χ1n) is 11.5. The van der Waals surface area contributed by atoms with Crippen LogP contribution in [0.2, 0.25) is 0 Å². The minimum Gasteiger partial charge on any atom is -0.444 e. The number of aromatic nitrogens is 2. The Hall–Kier alpha value is -2.20. The van der Waals surface area contributed by atoms with E-state index in [1.165, 1.54) is 4.90 Å². The number of alkyl carbamates (subject to hydrolysis) is 1. The second-order valence-corrected chi connectivity index (χ2v) is 11.1.